The number of hydrogen-bond acceptors (Lipinski definition) is 6. The molecule has 1 unspecified atom stereocenters. The fourth-order valence-electron chi connectivity index (χ4n) is 4.49. The van der Waals surface area contributed by atoms with E-state index in [1.54, 1.807) is 23.0 Å². The van der Waals surface area contributed by atoms with Crippen LogP contribution in [0.25, 0.3) is 11.4 Å². The van der Waals surface area contributed by atoms with Gasteiger partial charge >= 0.3 is 0 Å². The van der Waals surface area contributed by atoms with Gasteiger partial charge in [0.1, 0.15) is 11.9 Å². The van der Waals surface area contributed by atoms with E-state index in [4.69, 9.17) is 28.3 Å². The van der Waals surface area contributed by atoms with Crippen molar-refractivity contribution in [3.8, 4) is 11.4 Å². The van der Waals surface area contributed by atoms with Crippen LogP contribution in [-0.2, 0) is 6.42 Å². The fraction of sp³-hybridized carbons (Fsp3) is 0.0645. The van der Waals surface area contributed by atoms with Crippen LogP contribution in [-0.4, -0.2) is 26.7 Å². The number of rotatable bonds is 6. The number of hydrogen-bond donors (Lipinski definition) is 1. The fourth-order valence-corrected chi connectivity index (χ4v) is 4.74. The molecule has 0 bridgehead atoms. The van der Waals surface area contributed by atoms with Crippen molar-refractivity contribution >= 4 is 40.8 Å². The molecule has 5 aromatic rings. The van der Waals surface area contributed by atoms with Crippen molar-refractivity contribution in [2.75, 3.05) is 5.32 Å². The lowest BCUT2D eigenvalue weighted by molar-refractivity contribution is 0.537. The lowest BCUT2D eigenvalue weighted by Crippen LogP contribution is -2.33. The largest absolute Gasteiger partial charge is 0.359 e. The third-order valence-corrected chi connectivity index (χ3v) is 6.99. The van der Waals surface area contributed by atoms with E-state index in [2.05, 4.69) is 20.5 Å². The molecule has 1 aliphatic rings. The second kappa shape index (κ2) is 11.3. The summed E-state index contributed by atoms with van der Waals surface area (Å²) in [5.74, 6) is 0.488. The molecule has 1 N–H and O–H groups in total. The molecule has 1 aliphatic heterocycles. The quantitative estimate of drug-likeness (QED) is 0.185. The summed E-state index contributed by atoms with van der Waals surface area (Å²) in [4.78, 5) is 17.9. The zero-order valence-electron chi connectivity index (χ0n) is 21.1. The smallest absolute Gasteiger partial charge is 0.295 e. The van der Waals surface area contributed by atoms with E-state index >= 15 is 0 Å². The van der Waals surface area contributed by atoms with Crippen molar-refractivity contribution in [2.24, 2.45) is 10.2 Å². The Bertz CT molecular complexity index is 1780. The van der Waals surface area contributed by atoms with Gasteiger partial charge in [-0.1, -0.05) is 89.9 Å². The number of para-hydroxylation sites is 1. The van der Waals surface area contributed by atoms with E-state index in [9.17, 15) is 4.79 Å². The maximum Gasteiger partial charge on any atom is 0.295 e. The number of nitrogens with one attached hydrogen (secondary N) is 1. The van der Waals surface area contributed by atoms with Crippen molar-refractivity contribution in [3.05, 3.63) is 146 Å². The van der Waals surface area contributed by atoms with Crippen molar-refractivity contribution in [3.63, 3.8) is 0 Å². The lowest BCUT2D eigenvalue weighted by atomic mass is 10.0. The normalized spacial score (nSPS) is 14.4. The Morgan fingerprint density at radius 1 is 0.875 bits per heavy atom. The van der Waals surface area contributed by atoms with Crippen LogP contribution in [0.4, 0.5) is 5.69 Å². The average molecular weight is 565 g/mol. The Morgan fingerprint density at radius 2 is 1.55 bits per heavy atom. The van der Waals surface area contributed by atoms with Crippen LogP contribution in [0.5, 0.6) is 0 Å². The minimum Gasteiger partial charge on any atom is -0.359 e. The van der Waals surface area contributed by atoms with E-state index in [0.717, 1.165) is 27.9 Å². The molecule has 4 aromatic carbocycles. The van der Waals surface area contributed by atoms with Crippen LogP contribution in [0.1, 0.15) is 28.6 Å². The summed E-state index contributed by atoms with van der Waals surface area (Å²) in [5.41, 5.74) is 4.71. The monoisotopic (exact) mass is 564 g/mol. The summed E-state index contributed by atoms with van der Waals surface area (Å²) in [6.07, 6.45) is 1.39. The van der Waals surface area contributed by atoms with Gasteiger partial charge in [-0.05, 0) is 53.1 Å². The van der Waals surface area contributed by atoms with E-state index in [0.29, 0.717) is 21.6 Å². The third kappa shape index (κ3) is 5.43. The predicted molar refractivity (Wildman–Crippen MR) is 161 cm³/mol. The van der Waals surface area contributed by atoms with Crippen LogP contribution in [0, 0.1) is 0 Å². The minimum absolute atomic E-state index is 0.142. The van der Waals surface area contributed by atoms with Crippen molar-refractivity contribution in [2.45, 2.75) is 12.6 Å². The number of anilines is 1. The molecule has 1 aromatic heterocycles. The Kier molecular flexibility index (Phi) is 7.23. The van der Waals surface area contributed by atoms with Crippen LogP contribution in [0.3, 0.4) is 0 Å². The van der Waals surface area contributed by atoms with E-state index in [1.807, 2.05) is 91.0 Å². The van der Waals surface area contributed by atoms with Gasteiger partial charge in [-0.15, -0.1) is 0 Å². The molecule has 9 heteroatoms. The summed E-state index contributed by atoms with van der Waals surface area (Å²) in [6.45, 7) is 0. The summed E-state index contributed by atoms with van der Waals surface area (Å²) in [6, 6.07) is 32.1. The molecule has 6 rings (SSSR count). The van der Waals surface area contributed by atoms with Crippen LogP contribution >= 0.6 is 23.2 Å². The molecule has 196 valence electrons. The molecule has 0 aliphatic carbocycles. The Hall–Kier alpha value is -4.59. The number of benzene rings is 4. The minimum atomic E-state index is -0.414. The van der Waals surface area contributed by atoms with Crippen LogP contribution in [0.15, 0.2) is 118 Å². The van der Waals surface area contributed by atoms with Gasteiger partial charge in [0.05, 0.1) is 11.9 Å². The van der Waals surface area contributed by atoms with Crippen molar-refractivity contribution in [1.29, 1.82) is 0 Å². The molecule has 0 fully saturated rings. The lowest BCUT2D eigenvalue weighted by Gasteiger charge is -2.30. The first-order chi connectivity index (χ1) is 19.5. The highest BCUT2D eigenvalue weighted by atomic mass is 35.5. The molecule has 7 nitrogen and oxygen atoms in total. The van der Waals surface area contributed by atoms with E-state index < -0.39 is 11.7 Å². The SMILES string of the molecule is O=c1nc2n(nc1CC(=NN=Cc1ccc(Cl)cc1)c1ccccc1)C(c1ccc(Cl)cc1)Nc1ccccc1-2. The standard InChI is InChI=1S/C31H22Cl2N6O/c32-23-14-10-20(11-15-23)19-34-37-27(21-6-2-1-3-7-21)18-28-31(40)36-30-25-8-4-5-9-26(25)35-29(39(30)38-28)22-12-16-24(33)17-13-22/h1-17,19,29,35H,18H2. The van der Waals surface area contributed by atoms with Gasteiger partial charge in [0.15, 0.2) is 5.82 Å². The molecule has 0 radical (unpaired) electrons. The third-order valence-electron chi connectivity index (χ3n) is 6.49. The zero-order chi connectivity index (χ0) is 27.5. The molecule has 0 saturated carbocycles. The summed E-state index contributed by atoms with van der Waals surface area (Å²) < 4.78 is 1.75. The number of fused-ring (bicyclic) bond motifs is 3. The Balaban J connectivity index is 1.42. The van der Waals surface area contributed by atoms with Gasteiger partial charge in [-0.2, -0.15) is 20.3 Å². The molecule has 0 saturated heterocycles. The Labute approximate surface area is 240 Å². The molecule has 0 amide bonds. The molecule has 40 heavy (non-hydrogen) atoms. The maximum absolute atomic E-state index is 13.4. The van der Waals surface area contributed by atoms with Gasteiger partial charge in [0.2, 0.25) is 0 Å². The average Bonchev–Trinajstić information content (AvgIpc) is 2.98. The van der Waals surface area contributed by atoms with Gasteiger partial charge in [-0.25, -0.2) is 4.68 Å². The highest BCUT2D eigenvalue weighted by Gasteiger charge is 2.28. The van der Waals surface area contributed by atoms with E-state index in [-0.39, 0.29) is 12.1 Å². The molecule has 0 spiro atoms. The molecular weight excluding hydrogens is 543 g/mol. The summed E-state index contributed by atoms with van der Waals surface area (Å²) >= 11 is 12.1. The van der Waals surface area contributed by atoms with Crippen molar-refractivity contribution < 1.29 is 0 Å². The first-order valence-electron chi connectivity index (χ1n) is 12.6. The highest BCUT2D eigenvalue weighted by Crippen LogP contribution is 2.36. The number of nitrogens with zero attached hydrogens (tertiary/aromatic N) is 5. The van der Waals surface area contributed by atoms with Crippen LogP contribution < -0.4 is 10.9 Å². The molecular formula is C31H22Cl2N6O. The zero-order valence-corrected chi connectivity index (χ0v) is 22.6. The topological polar surface area (TPSA) is 84.5 Å². The van der Waals surface area contributed by atoms with Gasteiger partial charge in [-0.3, -0.25) is 4.79 Å². The van der Waals surface area contributed by atoms with E-state index in [1.165, 1.54) is 0 Å². The Morgan fingerprint density at radius 3 is 2.30 bits per heavy atom. The van der Waals surface area contributed by atoms with Crippen LogP contribution in [0.2, 0.25) is 10.0 Å². The molecule has 1 atom stereocenters. The second-order valence-electron chi connectivity index (χ2n) is 9.16. The summed E-state index contributed by atoms with van der Waals surface area (Å²) in [7, 11) is 0. The predicted octanol–water partition coefficient (Wildman–Crippen LogP) is 6.65. The maximum atomic E-state index is 13.4. The first kappa shape index (κ1) is 25.7. The number of aromatic nitrogens is 3. The van der Waals surface area contributed by atoms with Crippen molar-refractivity contribution in [1.82, 2.24) is 14.8 Å². The van der Waals surface area contributed by atoms with Gasteiger partial charge in [0.25, 0.3) is 5.56 Å². The van der Waals surface area contributed by atoms with Gasteiger partial charge in [0, 0.05) is 27.7 Å². The van der Waals surface area contributed by atoms with Gasteiger partial charge < -0.3 is 5.32 Å². The summed E-state index contributed by atoms with van der Waals surface area (Å²) in [5, 5.41) is 18.4. The highest BCUT2D eigenvalue weighted by molar-refractivity contribution is 6.30. The molecule has 2 heterocycles. The first-order valence-corrected chi connectivity index (χ1v) is 13.3. The number of halogens is 2. The second-order valence-corrected chi connectivity index (χ2v) is 10.0.